The van der Waals surface area contributed by atoms with Crippen LogP contribution in [0.2, 0.25) is 0 Å². The van der Waals surface area contributed by atoms with Crippen LogP contribution in [0, 0.1) is 17.7 Å². The molecule has 0 aliphatic rings. The summed E-state index contributed by atoms with van der Waals surface area (Å²) in [6.45, 7) is 0.170. The number of carbonyl (C=O) groups is 1. The number of nitrogens with one attached hydrogen (secondary N) is 1. The number of hydrogen-bond donors (Lipinski definition) is 2. The standard InChI is InChI=1S/C13H10FN3OS/c14-11-6-10(4-3-9(11)2-1-5-15)17-13(18)12-7-16-8-19-12/h3-4,6-8H,5,15H2,(H,17,18). The van der Waals surface area contributed by atoms with E-state index in [0.717, 1.165) is 0 Å². The van der Waals surface area contributed by atoms with Gasteiger partial charge >= 0.3 is 0 Å². The number of aromatic nitrogens is 1. The minimum atomic E-state index is -0.497. The van der Waals surface area contributed by atoms with Gasteiger partial charge in [0.25, 0.3) is 5.91 Å². The molecule has 3 N–H and O–H groups in total. The molecule has 0 atom stereocenters. The number of rotatable bonds is 2. The maximum Gasteiger partial charge on any atom is 0.267 e. The average molecular weight is 275 g/mol. The topological polar surface area (TPSA) is 68.0 Å². The van der Waals surface area contributed by atoms with Crippen LogP contribution in [0.3, 0.4) is 0 Å². The van der Waals surface area contributed by atoms with Crippen molar-refractivity contribution in [2.24, 2.45) is 5.73 Å². The van der Waals surface area contributed by atoms with E-state index in [1.54, 1.807) is 11.6 Å². The van der Waals surface area contributed by atoms with Crippen LogP contribution in [0.4, 0.5) is 10.1 Å². The maximum atomic E-state index is 13.7. The van der Waals surface area contributed by atoms with E-state index < -0.39 is 5.82 Å². The molecule has 0 bridgehead atoms. The summed E-state index contributed by atoms with van der Waals surface area (Å²) in [7, 11) is 0. The third-order valence-corrected chi connectivity index (χ3v) is 2.98. The Labute approximate surface area is 113 Å². The molecule has 6 heteroatoms. The van der Waals surface area contributed by atoms with Gasteiger partial charge in [-0.2, -0.15) is 0 Å². The van der Waals surface area contributed by atoms with Gasteiger partial charge in [-0.3, -0.25) is 9.78 Å². The predicted molar refractivity (Wildman–Crippen MR) is 72.4 cm³/mol. The molecule has 1 aromatic carbocycles. The molecule has 0 saturated carbocycles. The SMILES string of the molecule is NCC#Cc1ccc(NC(=O)c2cncs2)cc1F. The summed E-state index contributed by atoms with van der Waals surface area (Å²) in [5, 5.41) is 2.59. The second kappa shape index (κ2) is 6.09. The van der Waals surface area contributed by atoms with Gasteiger partial charge in [0.15, 0.2) is 0 Å². The molecule has 1 amide bonds. The van der Waals surface area contributed by atoms with Crippen LogP contribution in [-0.2, 0) is 0 Å². The third-order valence-electron chi connectivity index (χ3n) is 2.21. The van der Waals surface area contributed by atoms with E-state index in [1.807, 2.05) is 0 Å². The molecule has 2 rings (SSSR count). The van der Waals surface area contributed by atoms with Crippen LogP contribution in [0.25, 0.3) is 0 Å². The summed E-state index contributed by atoms with van der Waals surface area (Å²) >= 11 is 1.22. The highest BCUT2D eigenvalue weighted by Gasteiger charge is 2.09. The summed E-state index contributed by atoms with van der Waals surface area (Å²) in [5.41, 5.74) is 7.40. The number of nitrogens with zero attached hydrogens (tertiary/aromatic N) is 1. The van der Waals surface area contributed by atoms with Crippen molar-refractivity contribution in [3.05, 3.63) is 46.2 Å². The van der Waals surface area contributed by atoms with Gasteiger partial charge in [-0.15, -0.1) is 11.3 Å². The quantitative estimate of drug-likeness (QED) is 0.822. The molecule has 0 aliphatic carbocycles. The van der Waals surface area contributed by atoms with Crippen LogP contribution in [0.1, 0.15) is 15.2 Å². The van der Waals surface area contributed by atoms with Crippen LogP contribution < -0.4 is 11.1 Å². The molecular weight excluding hydrogens is 265 g/mol. The fourth-order valence-corrected chi connectivity index (χ4v) is 1.88. The summed E-state index contributed by atoms with van der Waals surface area (Å²) in [6, 6.07) is 4.31. The molecule has 4 nitrogen and oxygen atoms in total. The first kappa shape index (κ1) is 13.2. The van der Waals surface area contributed by atoms with Crippen LogP contribution in [-0.4, -0.2) is 17.4 Å². The van der Waals surface area contributed by atoms with E-state index in [1.165, 1.54) is 29.7 Å². The van der Waals surface area contributed by atoms with E-state index >= 15 is 0 Å². The van der Waals surface area contributed by atoms with Crippen molar-refractivity contribution in [2.75, 3.05) is 11.9 Å². The van der Waals surface area contributed by atoms with Crippen LogP contribution >= 0.6 is 11.3 Å². The van der Waals surface area contributed by atoms with Gasteiger partial charge in [-0.1, -0.05) is 11.8 Å². The van der Waals surface area contributed by atoms with E-state index in [4.69, 9.17) is 5.73 Å². The summed E-state index contributed by atoms with van der Waals surface area (Å²) < 4.78 is 13.7. The highest BCUT2D eigenvalue weighted by Crippen LogP contribution is 2.16. The Morgan fingerprint density at radius 3 is 3.00 bits per heavy atom. The fourth-order valence-electron chi connectivity index (χ4n) is 1.36. The van der Waals surface area contributed by atoms with E-state index in [9.17, 15) is 9.18 Å². The minimum Gasteiger partial charge on any atom is -0.321 e. The normalized spacial score (nSPS) is 9.58. The molecule has 0 fully saturated rings. The van der Waals surface area contributed by atoms with Crippen molar-refractivity contribution < 1.29 is 9.18 Å². The first-order valence-corrected chi connectivity index (χ1v) is 6.27. The van der Waals surface area contributed by atoms with Crippen molar-refractivity contribution in [2.45, 2.75) is 0 Å². The predicted octanol–water partition coefficient (Wildman–Crippen LogP) is 1.84. The average Bonchev–Trinajstić information content (AvgIpc) is 2.92. The zero-order valence-corrected chi connectivity index (χ0v) is 10.6. The first-order chi connectivity index (χ1) is 9.20. The monoisotopic (exact) mass is 275 g/mol. The molecule has 0 spiro atoms. The number of hydrogen-bond acceptors (Lipinski definition) is 4. The number of halogens is 1. The lowest BCUT2D eigenvalue weighted by Gasteiger charge is -2.04. The van der Waals surface area contributed by atoms with E-state index in [0.29, 0.717) is 10.6 Å². The summed E-state index contributed by atoms with van der Waals surface area (Å²) in [5.74, 6) is 4.37. The van der Waals surface area contributed by atoms with Gasteiger partial charge in [-0.25, -0.2) is 4.39 Å². The number of carbonyl (C=O) groups excluding carboxylic acids is 1. The molecule has 1 aromatic heterocycles. The van der Waals surface area contributed by atoms with Gasteiger partial charge in [0.1, 0.15) is 10.7 Å². The van der Waals surface area contributed by atoms with E-state index in [-0.39, 0.29) is 18.0 Å². The highest BCUT2D eigenvalue weighted by atomic mass is 32.1. The maximum absolute atomic E-state index is 13.7. The zero-order chi connectivity index (χ0) is 13.7. The second-order valence-electron chi connectivity index (χ2n) is 3.52. The molecule has 0 unspecified atom stereocenters. The Balaban J connectivity index is 2.14. The van der Waals surface area contributed by atoms with Crippen molar-refractivity contribution >= 4 is 22.9 Å². The lowest BCUT2D eigenvalue weighted by molar-refractivity contribution is 0.103. The molecule has 2 aromatic rings. The molecule has 0 aliphatic heterocycles. The van der Waals surface area contributed by atoms with Crippen LogP contribution in [0.15, 0.2) is 29.9 Å². The number of benzene rings is 1. The first-order valence-electron chi connectivity index (χ1n) is 5.39. The molecular formula is C13H10FN3OS. The molecule has 96 valence electrons. The summed E-state index contributed by atoms with van der Waals surface area (Å²) in [4.78, 5) is 16.0. The Morgan fingerprint density at radius 2 is 2.37 bits per heavy atom. The summed E-state index contributed by atoms with van der Waals surface area (Å²) in [6.07, 6.45) is 1.46. The smallest absolute Gasteiger partial charge is 0.267 e. The van der Waals surface area contributed by atoms with Gasteiger partial charge in [0.2, 0.25) is 0 Å². The Morgan fingerprint density at radius 1 is 1.53 bits per heavy atom. The van der Waals surface area contributed by atoms with Crippen molar-refractivity contribution in [3.63, 3.8) is 0 Å². The Bertz CT molecular complexity index is 644. The van der Waals surface area contributed by atoms with Crippen molar-refractivity contribution in [3.8, 4) is 11.8 Å². The third kappa shape index (κ3) is 3.37. The van der Waals surface area contributed by atoms with Gasteiger partial charge in [-0.05, 0) is 18.2 Å². The highest BCUT2D eigenvalue weighted by molar-refractivity contribution is 7.11. The number of anilines is 1. The largest absolute Gasteiger partial charge is 0.321 e. The second-order valence-corrected chi connectivity index (χ2v) is 4.41. The number of nitrogens with two attached hydrogens (primary N) is 1. The lowest BCUT2D eigenvalue weighted by Crippen LogP contribution is -2.10. The zero-order valence-electron chi connectivity index (χ0n) is 9.81. The number of thiazole rings is 1. The molecule has 1 heterocycles. The molecule has 0 saturated heterocycles. The molecule has 19 heavy (non-hydrogen) atoms. The van der Waals surface area contributed by atoms with Gasteiger partial charge < -0.3 is 11.1 Å². The van der Waals surface area contributed by atoms with E-state index in [2.05, 4.69) is 22.1 Å². The Kier molecular flexibility index (Phi) is 4.23. The van der Waals surface area contributed by atoms with Crippen LogP contribution in [0.5, 0.6) is 0 Å². The van der Waals surface area contributed by atoms with Gasteiger partial charge in [0.05, 0.1) is 23.8 Å². The fraction of sp³-hybridized carbons (Fsp3) is 0.0769. The van der Waals surface area contributed by atoms with Gasteiger partial charge in [0, 0.05) is 5.69 Å². The molecule has 0 radical (unpaired) electrons. The lowest BCUT2D eigenvalue weighted by atomic mass is 10.2. The number of amides is 1. The van der Waals surface area contributed by atoms with Crippen molar-refractivity contribution in [1.82, 2.24) is 4.98 Å². The Hall–Kier alpha value is -2.23. The van der Waals surface area contributed by atoms with Crippen molar-refractivity contribution in [1.29, 1.82) is 0 Å². The minimum absolute atomic E-state index is 0.170.